The van der Waals surface area contributed by atoms with E-state index >= 15 is 0 Å². The van der Waals surface area contributed by atoms with Gasteiger partial charge in [-0.15, -0.1) is 0 Å². The third kappa shape index (κ3) is 3.97. The predicted molar refractivity (Wildman–Crippen MR) is 84.4 cm³/mol. The third-order valence-corrected chi connectivity index (χ3v) is 4.33. The number of hydrogen-bond acceptors (Lipinski definition) is 3. The second-order valence-electron chi connectivity index (χ2n) is 5.55. The molecule has 1 heterocycles. The molecule has 4 nitrogen and oxygen atoms in total. The van der Waals surface area contributed by atoms with Crippen molar-refractivity contribution in [1.82, 2.24) is 9.80 Å². The summed E-state index contributed by atoms with van der Waals surface area (Å²) in [6, 6.07) is 8.34. The minimum atomic E-state index is 0.281. The van der Waals surface area contributed by atoms with E-state index < -0.39 is 0 Å². The van der Waals surface area contributed by atoms with E-state index in [0.717, 1.165) is 37.4 Å². The first-order chi connectivity index (χ1) is 10.2. The van der Waals surface area contributed by atoms with E-state index in [2.05, 4.69) is 18.7 Å². The number of hydrogen-bond donors (Lipinski definition) is 0. The van der Waals surface area contributed by atoms with E-state index in [1.54, 1.807) is 7.11 Å². The number of rotatable bonds is 7. The van der Waals surface area contributed by atoms with Crippen molar-refractivity contribution in [1.29, 1.82) is 0 Å². The Hall–Kier alpha value is -1.55. The molecule has 0 aliphatic carbocycles. The van der Waals surface area contributed by atoms with Gasteiger partial charge in [-0.1, -0.05) is 26.0 Å². The molecule has 0 spiro atoms. The lowest BCUT2D eigenvalue weighted by atomic mass is 10.1. The van der Waals surface area contributed by atoms with Gasteiger partial charge in [-0.25, -0.2) is 0 Å². The zero-order valence-corrected chi connectivity index (χ0v) is 13.3. The summed E-state index contributed by atoms with van der Waals surface area (Å²) < 4.78 is 5.18. The summed E-state index contributed by atoms with van der Waals surface area (Å²) in [5.74, 6) is 1.13. The van der Waals surface area contributed by atoms with E-state index in [9.17, 15) is 4.79 Å². The monoisotopic (exact) mass is 290 g/mol. The molecule has 1 aromatic rings. The Labute approximate surface area is 127 Å². The van der Waals surface area contributed by atoms with E-state index in [1.165, 1.54) is 0 Å². The van der Waals surface area contributed by atoms with E-state index in [-0.39, 0.29) is 5.91 Å². The van der Waals surface area contributed by atoms with Gasteiger partial charge in [-0.3, -0.25) is 4.79 Å². The summed E-state index contributed by atoms with van der Waals surface area (Å²) in [6.45, 7) is 8.11. The molecule has 1 atom stereocenters. The molecule has 4 heteroatoms. The van der Waals surface area contributed by atoms with Crippen molar-refractivity contribution in [3.8, 4) is 5.75 Å². The second kappa shape index (κ2) is 7.46. The van der Waals surface area contributed by atoms with Gasteiger partial charge in [0.2, 0.25) is 5.91 Å². The average molecular weight is 290 g/mol. The summed E-state index contributed by atoms with van der Waals surface area (Å²) in [7, 11) is 1.67. The zero-order valence-electron chi connectivity index (χ0n) is 13.3. The molecule has 0 radical (unpaired) electrons. The minimum absolute atomic E-state index is 0.281. The van der Waals surface area contributed by atoms with Crippen LogP contribution < -0.4 is 4.74 Å². The molecule has 1 aromatic carbocycles. The Kier molecular flexibility index (Phi) is 5.62. The smallest absolute Gasteiger partial charge is 0.223 e. The van der Waals surface area contributed by atoms with Gasteiger partial charge in [-0.2, -0.15) is 0 Å². The summed E-state index contributed by atoms with van der Waals surface area (Å²) in [5.41, 5.74) is 1.16. The Bertz CT molecular complexity index is 454. The number of amides is 1. The van der Waals surface area contributed by atoms with Crippen molar-refractivity contribution in [2.45, 2.75) is 39.3 Å². The average Bonchev–Trinajstić information content (AvgIpc) is 2.86. The quantitative estimate of drug-likeness (QED) is 0.773. The zero-order chi connectivity index (χ0) is 15.2. The molecule has 1 unspecified atom stereocenters. The van der Waals surface area contributed by atoms with Crippen LogP contribution in [0.2, 0.25) is 0 Å². The molecular formula is C17H26N2O2. The molecule has 1 aliphatic heterocycles. The largest absolute Gasteiger partial charge is 0.497 e. The van der Waals surface area contributed by atoms with Crippen molar-refractivity contribution in [3.63, 3.8) is 0 Å². The van der Waals surface area contributed by atoms with Gasteiger partial charge in [0.1, 0.15) is 5.75 Å². The van der Waals surface area contributed by atoms with Gasteiger partial charge in [-0.05, 0) is 37.2 Å². The Balaban J connectivity index is 2.02. The maximum absolute atomic E-state index is 12.2. The van der Waals surface area contributed by atoms with Gasteiger partial charge in [0, 0.05) is 25.6 Å². The van der Waals surface area contributed by atoms with Gasteiger partial charge in [0.25, 0.3) is 0 Å². The van der Waals surface area contributed by atoms with Gasteiger partial charge in [0.15, 0.2) is 0 Å². The summed E-state index contributed by atoms with van der Waals surface area (Å²) in [4.78, 5) is 16.6. The highest BCUT2D eigenvalue weighted by molar-refractivity contribution is 5.78. The molecule has 0 bridgehead atoms. The van der Waals surface area contributed by atoms with Crippen molar-refractivity contribution in [2.75, 3.05) is 26.7 Å². The van der Waals surface area contributed by atoms with Crippen molar-refractivity contribution < 1.29 is 9.53 Å². The first kappa shape index (κ1) is 15.8. The normalized spacial score (nSPS) is 18.6. The fraction of sp³-hybridized carbons (Fsp3) is 0.588. The number of carbonyl (C=O) groups is 1. The second-order valence-corrected chi connectivity index (χ2v) is 5.55. The lowest BCUT2D eigenvalue weighted by Crippen LogP contribution is -2.41. The lowest BCUT2D eigenvalue weighted by molar-refractivity contribution is -0.129. The molecule has 21 heavy (non-hydrogen) atoms. The van der Waals surface area contributed by atoms with Crippen molar-refractivity contribution in [3.05, 3.63) is 29.8 Å². The highest BCUT2D eigenvalue weighted by atomic mass is 16.5. The fourth-order valence-corrected chi connectivity index (χ4v) is 2.91. The van der Waals surface area contributed by atoms with Crippen molar-refractivity contribution in [2.24, 2.45) is 0 Å². The van der Waals surface area contributed by atoms with E-state index in [4.69, 9.17) is 4.74 Å². The van der Waals surface area contributed by atoms with Crippen LogP contribution in [0.5, 0.6) is 5.75 Å². The standard InChI is InChI=1S/C17H26N2O2/c1-4-18(5-2)13-15-8-11-17(20)19(15)12-14-6-9-16(21-3)10-7-14/h6-7,9-10,15H,4-5,8,11-13H2,1-3H3. The highest BCUT2D eigenvalue weighted by Gasteiger charge is 2.31. The number of nitrogens with zero attached hydrogens (tertiary/aromatic N) is 2. The van der Waals surface area contributed by atoms with Crippen LogP contribution in [0, 0.1) is 0 Å². The summed E-state index contributed by atoms with van der Waals surface area (Å²) >= 11 is 0. The molecule has 1 amide bonds. The van der Waals surface area contributed by atoms with Crippen LogP contribution in [0.3, 0.4) is 0 Å². The topological polar surface area (TPSA) is 32.8 Å². The Morgan fingerprint density at radius 3 is 2.48 bits per heavy atom. The fourth-order valence-electron chi connectivity index (χ4n) is 2.91. The number of ether oxygens (including phenoxy) is 1. The number of likely N-dealkylation sites (N-methyl/N-ethyl adjacent to an activating group) is 1. The number of benzene rings is 1. The van der Waals surface area contributed by atoms with Crippen LogP contribution in [0.1, 0.15) is 32.3 Å². The molecule has 2 rings (SSSR count). The predicted octanol–water partition coefficient (Wildman–Crippen LogP) is 2.53. The van der Waals surface area contributed by atoms with Gasteiger partial charge < -0.3 is 14.5 Å². The molecule has 0 saturated carbocycles. The van der Waals surface area contributed by atoms with Crippen LogP contribution in [-0.2, 0) is 11.3 Å². The SMILES string of the molecule is CCN(CC)CC1CCC(=O)N1Cc1ccc(OC)cc1. The Morgan fingerprint density at radius 2 is 1.90 bits per heavy atom. The highest BCUT2D eigenvalue weighted by Crippen LogP contribution is 2.23. The molecule has 1 fully saturated rings. The maximum atomic E-state index is 12.2. The molecule has 1 aliphatic rings. The summed E-state index contributed by atoms with van der Waals surface area (Å²) in [5, 5.41) is 0. The molecule has 116 valence electrons. The summed E-state index contributed by atoms with van der Waals surface area (Å²) in [6.07, 6.45) is 1.66. The van der Waals surface area contributed by atoms with E-state index in [1.807, 2.05) is 29.2 Å². The maximum Gasteiger partial charge on any atom is 0.223 e. The number of carbonyl (C=O) groups excluding carboxylic acids is 1. The third-order valence-electron chi connectivity index (χ3n) is 4.33. The van der Waals surface area contributed by atoms with Crippen LogP contribution >= 0.6 is 0 Å². The van der Waals surface area contributed by atoms with Crippen LogP contribution in [0.25, 0.3) is 0 Å². The van der Waals surface area contributed by atoms with Crippen molar-refractivity contribution >= 4 is 5.91 Å². The number of methoxy groups -OCH3 is 1. The Morgan fingerprint density at radius 1 is 1.24 bits per heavy atom. The van der Waals surface area contributed by atoms with Gasteiger partial charge >= 0.3 is 0 Å². The molecular weight excluding hydrogens is 264 g/mol. The lowest BCUT2D eigenvalue weighted by Gasteiger charge is -2.29. The number of likely N-dealkylation sites (tertiary alicyclic amines) is 1. The van der Waals surface area contributed by atoms with Crippen LogP contribution in [0.4, 0.5) is 0 Å². The first-order valence-electron chi connectivity index (χ1n) is 7.82. The molecule has 0 N–H and O–H groups in total. The minimum Gasteiger partial charge on any atom is -0.497 e. The molecule has 0 aromatic heterocycles. The van der Waals surface area contributed by atoms with Crippen LogP contribution in [-0.4, -0.2) is 48.5 Å². The van der Waals surface area contributed by atoms with Gasteiger partial charge in [0.05, 0.1) is 7.11 Å². The van der Waals surface area contributed by atoms with Crippen LogP contribution in [0.15, 0.2) is 24.3 Å². The van der Waals surface area contributed by atoms with E-state index in [0.29, 0.717) is 19.0 Å². The first-order valence-corrected chi connectivity index (χ1v) is 7.82. The molecule has 1 saturated heterocycles.